The zero-order valence-electron chi connectivity index (χ0n) is 13.0. The summed E-state index contributed by atoms with van der Waals surface area (Å²) in [4.78, 5) is 14.1. The van der Waals surface area contributed by atoms with Crippen molar-refractivity contribution < 1.29 is 4.79 Å². The van der Waals surface area contributed by atoms with Gasteiger partial charge in [0.05, 0.1) is 28.5 Å². The highest BCUT2D eigenvalue weighted by Crippen LogP contribution is 2.20. The van der Waals surface area contributed by atoms with E-state index in [1.54, 1.807) is 40.6 Å². The summed E-state index contributed by atoms with van der Waals surface area (Å²) >= 11 is 12.1. The largest absolute Gasteiger partial charge is 0.338 e. The number of nitrogens with zero attached hydrogens (tertiary/aromatic N) is 5. The highest BCUT2D eigenvalue weighted by molar-refractivity contribution is 6.31. The fraction of sp³-hybridized carbons (Fsp3) is 0.500. The summed E-state index contributed by atoms with van der Waals surface area (Å²) in [5, 5.41) is 9.61. The first-order valence-electron chi connectivity index (χ1n) is 7.01. The average molecular weight is 344 g/mol. The van der Waals surface area contributed by atoms with E-state index in [2.05, 4.69) is 10.2 Å². The lowest BCUT2D eigenvalue weighted by atomic mass is 10.2. The van der Waals surface area contributed by atoms with Gasteiger partial charge in [0, 0.05) is 19.8 Å². The maximum Gasteiger partial charge on any atom is 0.247 e. The van der Waals surface area contributed by atoms with Crippen LogP contribution >= 0.6 is 23.2 Å². The van der Waals surface area contributed by atoms with Crippen molar-refractivity contribution in [3.63, 3.8) is 0 Å². The first-order chi connectivity index (χ1) is 10.3. The Morgan fingerprint density at radius 3 is 2.59 bits per heavy atom. The van der Waals surface area contributed by atoms with Crippen molar-refractivity contribution in [3.8, 4) is 0 Å². The molecule has 0 radical (unpaired) electrons. The molecule has 0 fully saturated rings. The molecule has 0 spiro atoms. The minimum Gasteiger partial charge on any atom is -0.338 e. The van der Waals surface area contributed by atoms with Gasteiger partial charge in [-0.15, -0.1) is 0 Å². The van der Waals surface area contributed by atoms with Gasteiger partial charge in [-0.05, 0) is 20.8 Å². The molecule has 0 aromatic carbocycles. The molecule has 22 heavy (non-hydrogen) atoms. The summed E-state index contributed by atoms with van der Waals surface area (Å²) in [5.74, 6) is -0.0787. The second kappa shape index (κ2) is 6.71. The van der Waals surface area contributed by atoms with E-state index in [0.717, 1.165) is 12.2 Å². The molecule has 2 aromatic rings. The van der Waals surface area contributed by atoms with Gasteiger partial charge in [0.25, 0.3) is 0 Å². The molecule has 1 unspecified atom stereocenters. The number of hydrogen-bond acceptors (Lipinski definition) is 3. The van der Waals surface area contributed by atoms with Gasteiger partial charge < -0.3 is 4.90 Å². The van der Waals surface area contributed by atoms with Gasteiger partial charge in [-0.2, -0.15) is 10.2 Å². The van der Waals surface area contributed by atoms with E-state index >= 15 is 0 Å². The molecule has 6 nitrogen and oxygen atoms in total. The Labute approximate surface area is 139 Å². The fourth-order valence-corrected chi connectivity index (χ4v) is 2.57. The molecular weight excluding hydrogens is 325 g/mol. The average Bonchev–Trinajstić information content (AvgIpc) is 3.01. The highest BCUT2D eigenvalue weighted by Gasteiger charge is 2.23. The number of aromatic nitrogens is 4. The minimum atomic E-state index is -0.440. The molecule has 2 rings (SSSR count). The standard InChI is InChI=1S/C14H19Cl2N5O/c1-5-20-7-12(16)13(18-20)8-19(4)14(22)10(3)21-9(2)11(15)6-17-21/h6-7,10H,5,8H2,1-4H3. The van der Waals surface area contributed by atoms with Gasteiger partial charge in [0.2, 0.25) is 5.91 Å². The predicted molar refractivity (Wildman–Crippen MR) is 86.1 cm³/mol. The Morgan fingerprint density at radius 1 is 1.41 bits per heavy atom. The molecule has 2 heterocycles. The van der Waals surface area contributed by atoms with Crippen LogP contribution in [-0.4, -0.2) is 37.4 Å². The maximum absolute atomic E-state index is 12.5. The quantitative estimate of drug-likeness (QED) is 0.838. The molecule has 0 saturated heterocycles. The van der Waals surface area contributed by atoms with Crippen LogP contribution in [0.15, 0.2) is 12.4 Å². The molecule has 0 aliphatic rings. The lowest BCUT2D eigenvalue weighted by molar-refractivity contribution is -0.133. The fourth-order valence-electron chi connectivity index (χ4n) is 2.23. The van der Waals surface area contributed by atoms with Crippen molar-refractivity contribution >= 4 is 29.1 Å². The third kappa shape index (κ3) is 3.28. The molecule has 0 aliphatic heterocycles. The van der Waals surface area contributed by atoms with Crippen LogP contribution in [0.2, 0.25) is 10.0 Å². The Morgan fingerprint density at radius 2 is 2.09 bits per heavy atom. The van der Waals surface area contributed by atoms with E-state index in [4.69, 9.17) is 23.2 Å². The zero-order chi connectivity index (χ0) is 16.4. The van der Waals surface area contributed by atoms with Crippen LogP contribution in [0.25, 0.3) is 0 Å². The third-order valence-electron chi connectivity index (χ3n) is 3.58. The molecule has 0 N–H and O–H groups in total. The Kier molecular flexibility index (Phi) is 5.13. The van der Waals surface area contributed by atoms with Crippen LogP contribution in [-0.2, 0) is 17.9 Å². The van der Waals surface area contributed by atoms with Crippen LogP contribution < -0.4 is 0 Å². The SMILES string of the molecule is CCn1cc(Cl)c(CN(C)C(=O)C(C)n2ncc(Cl)c2C)n1. The van der Waals surface area contributed by atoms with E-state index in [9.17, 15) is 4.79 Å². The van der Waals surface area contributed by atoms with Crippen LogP contribution in [0.4, 0.5) is 0 Å². The monoisotopic (exact) mass is 343 g/mol. The zero-order valence-corrected chi connectivity index (χ0v) is 14.6. The van der Waals surface area contributed by atoms with Gasteiger partial charge in [0.15, 0.2) is 0 Å². The van der Waals surface area contributed by atoms with E-state index in [-0.39, 0.29) is 5.91 Å². The van der Waals surface area contributed by atoms with Crippen LogP contribution in [0.3, 0.4) is 0 Å². The van der Waals surface area contributed by atoms with E-state index in [1.807, 2.05) is 13.8 Å². The van der Waals surface area contributed by atoms with Crippen molar-refractivity contribution in [3.05, 3.63) is 33.8 Å². The Hall–Kier alpha value is -1.53. The van der Waals surface area contributed by atoms with Crippen LogP contribution in [0.5, 0.6) is 0 Å². The highest BCUT2D eigenvalue weighted by atomic mass is 35.5. The van der Waals surface area contributed by atoms with Gasteiger partial charge >= 0.3 is 0 Å². The number of aryl methyl sites for hydroxylation is 1. The van der Waals surface area contributed by atoms with Crippen molar-refractivity contribution in [1.29, 1.82) is 0 Å². The van der Waals surface area contributed by atoms with Gasteiger partial charge in [-0.3, -0.25) is 14.2 Å². The summed E-state index contributed by atoms with van der Waals surface area (Å²) in [7, 11) is 1.72. The summed E-state index contributed by atoms with van der Waals surface area (Å²) in [6.07, 6.45) is 3.30. The molecule has 0 saturated carbocycles. The number of hydrogen-bond donors (Lipinski definition) is 0. The van der Waals surface area contributed by atoms with Crippen LogP contribution in [0.1, 0.15) is 31.3 Å². The molecule has 0 bridgehead atoms. The molecule has 1 amide bonds. The number of amides is 1. The molecule has 0 aliphatic carbocycles. The lowest BCUT2D eigenvalue weighted by Gasteiger charge is -2.21. The summed E-state index contributed by atoms with van der Waals surface area (Å²) in [5.41, 5.74) is 1.45. The van der Waals surface area contributed by atoms with Crippen molar-refractivity contribution in [2.24, 2.45) is 0 Å². The van der Waals surface area contributed by atoms with Crippen molar-refractivity contribution in [2.75, 3.05) is 7.05 Å². The molecule has 2 aromatic heterocycles. The number of carbonyl (C=O) groups is 1. The summed E-state index contributed by atoms with van der Waals surface area (Å²) in [6, 6.07) is -0.440. The third-order valence-corrected chi connectivity index (χ3v) is 4.27. The molecular formula is C14H19Cl2N5O. The summed E-state index contributed by atoms with van der Waals surface area (Å²) < 4.78 is 3.37. The molecule has 120 valence electrons. The molecule has 1 atom stereocenters. The van der Waals surface area contributed by atoms with Gasteiger partial charge in [0.1, 0.15) is 11.7 Å². The van der Waals surface area contributed by atoms with Crippen molar-refractivity contribution in [2.45, 2.75) is 39.9 Å². The number of rotatable bonds is 5. The second-order valence-corrected chi connectivity index (χ2v) is 5.99. The van der Waals surface area contributed by atoms with E-state index < -0.39 is 6.04 Å². The molecule has 8 heteroatoms. The smallest absolute Gasteiger partial charge is 0.247 e. The minimum absolute atomic E-state index is 0.0787. The predicted octanol–water partition coefficient (Wildman–Crippen LogP) is 2.93. The van der Waals surface area contributed by atoms with Gasteiger partial charge in [-0.1, -0.05) is 23.2 Å². The number of carbonyl (C=O) groups excluding carboxylic acids is 1. The normalized spacial score (nSPS) is 12.5. The topological polar surface area (TPSA) is 56.0 Å². The first-order valence-corrected chi connectivity index (χ1v) is 7.77. The Balaban J connectivity index is 2.11. The summed E-state index contributed by atoms with van der Waals surface area (Å²) in [6.45, 7) is 6.69. The second-order valence-electron chi connectivity index (χ2n) is 5.17. The first kappa shape index (κ1) is 16.8. The number of halogens is 2. The van der Waals surface area contributed by atoms with E-state index in [1.165, 1.54) is 0 Å². The van der Waals surface area contributed by atoms with E-state index in [0.29, 0.717) is 22.3 Å². The van der Waals surface area contributed by atoms with Crippen LogP contribution in [0, 0.1) is 6.92 Å². The lowest BCUT2D eigenvalue weighted by Crippen LogP contribution is -2.33. The maximum atomic E-state index is 12.5. The van der Waals surface area contributed by atoms with Crippen molar-refractivity contribution in [1.82, 2.24) is 24.5 Å². The Bertz CT molecular complexity index is 679. The van der Waals surface area contributed by atoms with Gasteiger partial charge in [-0.25, -0.2) is 0 Å². The number of likely N-dealkylation sites (N-methyl/N-ethyl adjacent to an activating group) is 1.